The van der Waals surface area contributed by atoms with Crippen LogP contribution in [0.3, 0.4) is 0 Å². The lowest BCUT2D eigenvalue weighted by molar-refractivity contribution is -0.148. The number of likely N-dealkylation sites (N-methyl/N-ethyl adjacent to an activating group) is 1. The molecule has 0 heterocycles. The Labute approximate surface area is 258 Å². The summed E-state index contributed by atoms with van der Waals surface area (Å²) in [5.74, 6) is -6.94. The van der Waals surface area contributed by atoms with Gasteiger partial charge in [0.2, 0.25) is 5.78 Å². The number of urea groups is 1. The van der Waals surface area contributed by atoms with E-state index >= 15 is 0 Å². The van der Waals surface area contributed by atoms with Crippen molar-refractivity contribution in [3.8, 4) is 11.5 Å². The first kappa shape index (κ1) is 31.3. The lowest BCUT2D eigenvalue weighted by atomic mass is 9.58. The average Bonchev–Trinajstić information content (AvgIpc) is 2.96. The molecule has 0 saturated heterocycles. The van der Waals surface area contributed by atoms with E-state index in [9.17, 15) is 39.6 Å². The summed E-state index contributed by atoms with van der Waals surface area (Å²) in [6.45, 7) is 0. The fourth-order valence-corrected chi connectivity index (χ4v) is 6.75. The van der Waals surface area contributed by atoms with Crippen molar-refractivity contribution in [2.75, 3.05) is 50.8 Å². The van der Waals surface area contributed by atoms with Crippen LogP contribution < -0.4 is 26.0 Å². The molecule has 4 atom stereocenters. The van der Waals surface area contributed by atoms with E-state index in [2.05, 4.69) is 10.6 Å². The van der Waals surface area contributed by atoms with Crippen molar-refractivity contribution in [1.29, 1.82) is 0 Å². The zero-order valence-corrected chi connectivity index (χ0v) is 25.3. The zero-order valence-electron chi connectivity index (χ0n) is 25.3. The Bertz CT molecular complexity index is 1700. The van der Waals surface area contributed by atoms with Gasteiger partial charge in [0, 0.05) is 37.0 Å². The van der Waals surface area contributed by atoms with E-state index in [4.69, 9.17) is 10.5 Å². The lowest BCUT2D eigenvalue weighted by Crippen LogP contribution is -2.63. The van der Waals surface area contributed by atoms with Gasteiger partial charge in [-0.25, -0.2) is 4.79 Å². The number of hydrogen-bond acceptors (Lipinski definition) is 11. The van der Waals surface area contributed by atoms with E-state index in [0.29, 0.717) is 22.7 Å². The Morgan fingerprint density at radius 2 is 1.69 bits per heavy atom. The molecule has 8 N–H and O–H groups in total. The number of amides is 3. The second-order valence-electron chi connectivity index (χ2n) is 11.8. The van der Waals surface area contributed by atoms with Gasteiger partial charge in [0.1, 0.15) is 22.8 Å². The molecule has 0 radical (unpaired) electrons. The molecule has 0 unspecified atom stereocenters. The molecule has 0 saturated carbocycles. The number of aliphatic hydroxyl groups excluding tert-OH is 2. The minimum atomic E-state index is -2.75. The number of phenolic OH excluding ortho intramolecular Hbond substituents is 1. The van der Waals surface area contributed by atoms with Gasteiger partial charge in [0.15, 0.2) is 17.1 Å². The molecule has 2 aromatic carbocycles. The maximum absolute atomic E-state index is 14.1. The SMILES string of the molecule is COc1ccc(NC(=O)Nc2cc(N(C)C)c3c(c2O)C(=O)C2=C(O)[C@@]4(O)C(=O)C(C(N)=O)=C(O)[C@H](N(C)C)[C@H]4C[C@H]2C3)cc1. The number of phenols is 1. The summed E-state index contributed by atoms with van der Waals surface area (Å²) >= 11 is 0. The summed E-state index contributed by atoms with van der Waals surface area (Å²) in [6, 6.07) is 6.23. The van der Waals surface area contributed by atoms with E-state index in [1.807, 2.05) is 0 Å². The summed E-state index contributed by atoms with van der Waals surface area (Å²) in [4.78, 5) is 55.9. The number of hydrogen-bond donors (Lipinski definition) is 7. The normalized spacial score (nSPS) is 24.1. The van der Waals surface area contributed by atoms with Crippen molar-refractivity contribution in [1.82, 2.24) is 4.90 Å². The number of benzene rings is 2. The molecule has 3 aliphatic carbocycles. The first-order chi connectivity index (χ1) is 21.1. The number of methoxy groups -OCH3 is 1. The maximum Gasteiger partial charge on any atom is 0.323 e. The van der Waals surface area contributed by atoms with Crippen LogP contribution in [-0.4, -0.2) is 95.8 Å². The highest BCUT2D eigenvalue weighted by atomic mass is 16.5. The number of fused-ring (bicyclic) bond motifs is 3. The Morgan fingerprint density at radius 3 is 2.24 bits per heavy atom. The lowest BCUT2D eigenvalue weighted by Gasteiger charge is -2.50. The monoisotopic (exact) mass is 621 g/mol. The number of ketones is 2. The number of nitrogens with zero attached hydrogens (tertiary/aromatic N) is 2. The molecule has 45 heavy (non-hydrogen) atoms. The van der Waals surface area contributed by atoms with Gasteiger partial charge in [-0.1, -0.05) is 0 Å². The van der Waals surface area contributed by atoms with Gasteiger partial charge < -0.3 is 46.4 Å². The summed E-state index contributed by atoms with van der Waals surface area (Å²) in [7, 11) is 8.08. The molecule has 2 aromatic rings. The smallest absolute Gasteiger partial charge is 0.323 e. The number of aromatic hydroxyl groups is 1. The third-order valence-electron chi connectivity index (χ3n) is 8.78. The molecule has 0 bridgehead atoms. The van der Waals surface area contributed by atoms with Crippen molar-refractivity contribution in [3.63, 3.8) is 0 Å². The van der Waals surface area contributed by atoms with Crippen molar-refractivity contribution in [2.45, 2.75) is 24.5 Å². The predicted molar refractivity (Wildman–Crippen MR) is 164 cm³/mol. The maximum atomic E-state index is 14.1. The van der Waals surface area contributed by atoms with Crippen LogP contribution in [0.1, 0.15) is 22.3 Å². The van der Waals surface area contributed by atoms with E-state index in [0.717, 1.165) is 0 Å². The zero-order chi connectivity index (χ0) is 33.1. The standard InChI is InChI=1S/C31H35N5O9/c1-35(2)19-12-18(34-30(43)33-14-6-8-15(45-5)9-7-14)24(37)21-16(19)10-13-11-17-23(36(3)4)26(39)22(29(32)42)28(41)31(17,44)27(40)20(13)25(21)38/h6-9,12-13,17,23,37,39-40,44H,10-11H2,1-5H3,(H2,32,42)(H2,33,34,43)/t13-,17-,23-,31-/m1/s1. The molecule has 5 rings (SSSR count). The number of aliphatic hydroxyl groups is 3. The number of ether oxygens (including phenoxy) is 1. The second-order valence-corrected chi connectivity index (χ2v) is 11.8. The van der Waals surface area contributed by atoms with Gasteiger partial charge in [-0.3, -0.25) is 19.3 Å². The number of rotatable bonds is 6. The summed E-state index contributed by atoms with van der Waals surface area (Å²) < 4.78 is 5.12. The number of carbonyl (C=O) groups excluding carboxylic acids is 4. The summed E-state index contributed by atoms with van der Waals surface area (Å²) in [6.07, 6.45) is 0.0671. The Balaban J connectivity index is 1.60. The third-order valence-corrected chi connectivity index (χ3v) is 8.78. The highest BCUT2D eigenvalue weighted by Gasteiger charge is 2.63. The first-order valence-electron chi connectivity index (χ1n) is 14.1. The van der Waals surface area contributed by atoms with Gasteiger partial charge in [-0.05, 0) is 68.8 Å². The minimum Gasteiger partial charge on any atom is -0.510 e. The predicted octanol–water partition coefficient (Wildman–Crippen LogP) is 1.84. The molecule has 14 nitrogen and oxygen atoms in total. The number of carbonyl (C=O) groups is 4. The van der Waals surface area contributed by atoms with Crippen LogP contribution in [-0.2, 0) is 16.0 Å². The average molecular weight is 622 g/mol. The molecular formula is C31H35N5O9. The number of nitrogens with one attached hydrogen (secondary N) is 2. The minimum absolute atomic E-state index is 0.0380. The highest BCUT2D eigenvalue weighted by molar-refractivity contribution is 6.25. The number of allylic oxidation sites excluding steroid dienone is 1. The first-order valence-corrected chi connectivity index (χ1v) is 14.1. The van der Waals surface area contributed by atoms with Crippen LogP contribution in [0.15, 0.2) is 53.0 Å². The Hall–Kier alpha value is -5.08. The van der Waals surface area contributed by atoms with Crippen LogP contribution in [0, 0.1) is 11.8 Å². The molecular weight excluding hydrogens is 586 g/mol. The van der Waals surface area contributed by atoms with Gasteiger partial charge in [-0.15, -0.1) is 0 Å². The number of Topliss-reactive ketones (excluding diaryl/α,β-unsaturated/α-hetero) is 2. The topological polar surface area (TPSA) is 215 Å². The fourth-order valence-electron chi connectivity index (χ4n) is 6.75. The summed E-state index contributed by atoms with van der Waals surface area (Å²) in [5, 5.41) is 50.8. The van der Waals surface area contributed by atoms with Crippen LogP contribution >= 0.6 is 0 Å². The largest absolute Gasteiger partial charge is 0.510 e. The van der Waals surface area contributed by atoms with Crippen molar-refractivity contribution >= 4 is 40.6 Å². The molecule has 238 valence electrons. The van der Waals surface area contributed by atoms with Gasteiger partial charge in [0.05, 0.1) is 24.4 Å². The summed E-state index contributed by atoms with van der Waals surface area (Å²) in [5.41, 5.74) is 2.49. The number of anilines is 3. The van der Waals surface area contributed by atoms with E-state index in [1.165, 1.54) is 18.1 Å². The van der Waals surface area contributed by atoms with E-state index in [1.54, 1.807) is 57.4 Å². The van der Waals surface area contributed by atoms with Crippen LogP contribution in [0.25, 0.3) is 0 Å². The van der Waals surface area contributed by atoms with Crippen molar-refractivity contribution in [2.24, 2.45) is 17.6 Å². The number of nitrogens with two attached hydrogens (primary N) is 1. The highest BCUT2D eigenvalue weighted by Crippen LogP contribution is 2.54. The van der Waals surface area contributed by atoms with Crippen molar-refractivity contribution in [3.05, 3.63) is 64.1 Å². The molecule has 14 heteroatoms. The molecule has 0 fully saturated rings. The number of primary amides is 1. The van der Waals surface area contributed by atoms with Crippen LogP contribution in [0.2, 0.25) is 0 Å². The van der Waals surface area contributed by atoms with Gasteiger partial charge in [-0.2, -0.15) is 0 Å². The van der Waals surface area contributed by atoms with Crippen LogP contribution in [0.5, 0.6) is 11.5 Å². The quantitative estimate of drug-likeness (QED) is 0.182. The molecule has 3 amide bonds. The second kappa shape index (κ2) is 11.1. The van der Waals surface area contributed by atoms with Gasteiger partial charge in [0.25, 0.3) is 5.91 Å². The Kier molecular flexibility index (Phi) is 7.75. The molecule has 0 aliphatic heterocycles. The molecule has 0 aromatic heterocycles. The van der Waals surface area contributed by atoms with Crippen LogP contribution in [0.4, 0.5) is 21.9 Å². The van der Waals surface area contributed by atoms with Gasteiger partial charge >= 0.3 is 6.03 Å². The van der Waals surface area contributed by atoms with Crippen molar-refractivity contribution < 1.29 is 44.3 Å². The molecule has 0 spiro atoms. The van der Waals surface area contributed by atoms with E-state index in [-0.39, 0.29) is 29.7 Å². The van der Waals surface area contributed by atoms with E-state index < -0.39 is 69.8 Å². The molecule has 3 aliphatic rings. The fraction of sp³-hybridized carbons (Fsp3) is 0.355. The third kappa shape index (κ3) is 4.82. The Morgan fingerprint density at radius 1 is 1.04 bits per heavy atom.